The number of carbonyl (C=O) groups excluding carboxylic acids is 1. The molecule has 13 heavy (non-hydrogen) atoms. The van der Waals surface area contributed by atoms with Crippen molar-refractivity contribution in [1.82, 2.24) is 5.32 Å². The minimum Gasteiger partial charge on any atom is -0.481 e. The fourth-order valence-electron chi connectivity index (χ4n) is 0.508. The molecule has 76 valence electrons. The normalized spacial score (nSPS) is 11.0. The van der Waals surface area contributed by atoms with E-state index < -0.39 is 37.4 Å². The Labute approximate surface area is 71.7 Å². The molecular weight excluding hydrogens is 191 g/mol. The Bertz CT molecular complexity index is 202. The first-order valence-electron chi connectivity index (χ1n) is 3.36. The van der Waals surface area contributed by atoms with Gasteiger partial charge in [0.1, 0.15) is 6.54 Å². The van der Waals surface area contributed by atoms with E-state index in [9.17, 15) is 22.8 Å². The fraction of sp³-hybridized carbons (Fsp3) is 0.667. The van der Waals surface area contributed by atoms with Crippen LogP contribution in [0.15, 0.2) is 0 Å². The van der Waals surface area contributed by atoms with Gasteiger partial charge in [0.25, 0.3) is 0 Å². The van der Waals surface area contributed by atoms with Gasteiger partial charge in [0.05, 0.1) is 6.42 Å². The van der Waals surface area contributed by atoms with Gasteiger partial charge in [0.15, 0.2) is 0 Å². The summed E-state index contributed by atoms with van der Waals surface area (Å²) in [6.45, 7) is -1.43. The fourth-order valence-corrected chi connectivity index (χ4v) is 0.508. The number of rotatable bonds is 4. The molecule has 0 aliphatic rings. The van der Waals surface area contributed by atoms with Crippen LogP contribution in [0.4, 0.5) is 13.2 Å². The van der Waals surface area contributed by atoms with Crippen molar-refractivity contribution in [2.24, 2.45) is 0 Å². The zero-order chi connectivity index (χ0) is 10.5. The summed E-state index contributed by atoms with van der Waals surface area (Å²) in [6.07, 6.45) is -5.37. The number of amides is 1. The van der Waals surface area contributed by atoms with E-state index in [-0.39, 0.29) is 0 Å². The number of aliphatic carboxylic acids is 1. The lowest BCUT2D eigenvalue weighted by molar-refractivity contribution is -0.141. The molecule has 0 radical (unpaired) electrons. The molecular formula is C6H8F3NO3. The van der Waals surface area contributed by atoms with Crippen molar-refractivity contribution in [3.63, 3.8) is 0 Å². The van der Waals surface area contributed by atoms with Crippen molar-refractivity contribution in [2.75, 3.05) is 6.54 Å². The standard InChI is InChI=1S/C6H8F3NO3/c7-6(8,9)3-10-4(11)1-2-5(12)13/h1-3H2,(H,10,11)(H,12,13). The Balaban J connectivity index is 3.58. The van der Waals surface area contributed by atoms with E-state index in [2.05, 4.69) is 0 Å². The van der Waals surface area contributed by atoms with E-state index in [0.29, 0.717) is 0 Å². The van der Waals surface area contributed by atoms with Gasteiger partial charge >= 0.3 is 12.1 Å². The summed E-state index contributed by atoms with van der Waals surface area (Å²) in [5.41, 5.74) is 0. The number of hydrogen-bond acceptors (Lipinski definition) is 2. The van der Waals surface area contributed by atoms with Gasteiger partial charge in [-0.2, -0.15) is 13.2 Å². The molecule has 0 saturated carbocycles. The molecule has 2 N–H and O–H groups in total. The predicted octanol–water partition coefficient (Wildman–Crippen LogP) is 0.530. The Hall–Kier alpha value is -1.27. The number of nitrogens with one attached hydrogen (secondary N) is 1. The monoisotopic (exact) mass is 199 g/mol. The molecule has 0 fully saturated rings. The highest BCUT2D eigenvalue weighted by Crippen LogP contribution is 2.12. The largest absolute Gasteiger partial charge is 0.481 e. The maximum Gasteiger partial charge on any atom is 0.405 e. The van der Waals surface area contributed by atoms with E-state index in [1.165, 1.54) is 0 Å². The lowest BCUT2D eigenvalue weighted by Crippen LogP contribution is -2.33. The van der Waals surface area contributed by atoms with Crippen molar-refractivity contribution in [1.29, 1.82) is 0 Å². The number of alkyl halides is 3. The molecule has 7 heteroatoms. The van der Waals surface area contributed by atoms with Crippen molar-refractivity contribution < 1.29 is 27.9 Å². The van der Waals surface area contributed by atoms with Gasteiger partial charge in [0.2, 0.25) is 5.91 Å². The van der Waals surface area contributed by atoms with Gasteiger partial charge in [0, 0.05) is 6.42 Å². The summed E-state index contributed by atoms with van der Waals surface area (Å²) in [4.78, 5) is 20.4. The van der Waals surface area contributed by atoms with E-state index in [0.717, 1.165) is 0 Å². The van der Waals surface area contributed by atoms with Gasteiger partial charge in [-0.25, -0.2) is 0 Å². The van der Waals surface area contributed by atoms with Crippen molar-refractivity contribution in [2.45, 2.75) is 19.0 Å². The summed E-state index contributed by atoms with van der Waals surface area (Å²) >= 11 is 0. The van der Waals surface area contributed by atoms with Crippen LogP contribution in [0.5, 0.6) is 0 Å². The van der Waals surface area contributed by atoms with Crippen LogP contribution in [0.25, 0.3) is 0 Å². The van der Waals surface area contributed by atoms with Crippen molar-refractivity contribution >= 4 is 11.9 Å². The third kappa shape index (κ3) is 8.64. The maximum absolute atomic E-state index is 11.5. The molecule has 0 unspecified atom stereocenters. The first kappa shape index (κ1) is 11.7. The smallest absolute Gasteiger partial charge is 0.405 e. The minimum atomic E-state index is -4.46. The summed E-state index contributed by atoms with van der Waals surface area (Å²) < 4.78 is 34.5. The minimum absolute atomic E-state index is 0.439. The average molecular weight is 199 g/mol. The number of halogens is 3. The molecule has 0 saturated heterocycles. The quantitative estimate of drug-likeness (QED) is 0.694. The van der Waals surface area contributed by atoms with Crippen LogP contribution in [0.1, 0.15) is 12.8 Å². The summed E-state index contributed by atoms with van der Waals surface area (Å²) in [7, 11) is 0. The lowest BCUT2D eigenvalue weighted by atomic mass is 10.3. The molecule has 0 aliphatic carbocycles. The topological polar surface area (TPSA) is 66.4 Å². The Kier molecular flexibility index (Phi) is 4.22. The number of carbonyl (C=O) groups is 2. The zero-order valence-electron chi connectivity index (χ0n) is 6.52. The SMILES string of the molecule is O=C(O)CCC(=O)NCC(F)(F)F. The van der Waals surface area contributed by atoms with Gasteiger partial charge in [-0.05, 0) is 0 Å². The highest BCUT2D eigenvalue weighted by molar-refractivity contribution is 5.80. The van der Waals surface area contributed by atoms with E-state index >= 15 is 0 Å². The second kappa shape index (κ2) is 4.68. The van der Waals surface area contributed by atoms with E-state index in [1.807, 2.05) is 0 Å². The lowest BCUT2D eigenvalue weighted by Gasteiger charge is -2.06. The number of hydrogen-bond donors (Lipinski definition) is 2. The number of carboxylic acid groups (broad SMARTS) is 1. The summed E-state index contributed by atoms with van der Waals surface area (Å²) in [5.74, 6) is -2.14. The predicted molar refractivity (Wildman–Crippen MR) is 35.9 cm³/mol. The highest BCUT2D eigenvalue weighted by Gasteiger charge is 2.27. The van der Waals surface area contributed by atoms with Gasteiger partial charge < -0.3 is 10.4 Å². The van der Waals surface area contributed by atoms with E-state index in [1.54, 1.807) is 5.32 Å². The van der Waals surface area contributed by atoms with Crippen LogP contribution in [0.2, 0.25) is 0 Å². The molecule has 4 nitrogen and oxygen atoms in total. The van der Waals surface area contributed by atoms with Crippen molar-refractivity contribution in [3.05, 3.63) is 0 Å². The molecule has 0 aromatic carbocycles. The first-order chi connectivity index (χ1) is 5.81. The van der Waals surface area contributed by atoms with Gasteiger partial charge in [-0.15, -0.1) is 0 Å². The summed E-state index contributed by atoms with van der Waals surface area (Å²) in [5, 5.41) is 9.64. The molecule has 0 spiro atoms. The second-order valence-corrected chi connectivity index (χ2v) is 2.29. The van der Waals surface area contributed by atoms with Crippen LogP contribution in [0.3, 0.4) is 0 Å². The summed E-state index contributed by atoms with van der Waals surface area (Å²) in [6, 6.07) is 0. The molecule has 0 bridgehead atoms. The molecule has 0 atom stereocenters. The van der Waals surface area contributed by atoms with E-state index in [4.69, 9.17) is 5.11 Å². The Morgan fingerprint density at radius 2 is 1.77 bits per heavy atom. The molecule has 0 aliphatic heterocycles. The first-order valence-corrected chi connectivity index (χ1v) is 3.36. The van der Waals surface area contributed by atoms with Crippen LogP contribution >= 0.6 is 0 Å². The molecule has 0 aromatic heterocycles. The Morgan fingerprint density at radius 3 is 2.15 bits per heavy atom. The molecule has 0 rings (SSSR count). The van der Waals surface area contributed by atoms with Crippen molar-refractivity contribution in [3.8, 4) is 0 Å². The zero-order valence-corrected chi connectivity index (χ0v) is 6.52. The van der Waals surface area contributed by atoms with Crippen LogP contribution in [-0.4, -0.2) is 29.7 Å². The number of carboxylic acids is 1. The second-order valence-electron chi connectivity index (χ2n) is 2.29. The Morgan fingerprint density at radius 1 is 1.23 bits per heavy atom. The van der Waals surface area contributed by atoms with Crippen LogP contribution < -0.4 is 5.32 Å². The highest BCUT2D eigenvalue weighted by atomic mass is 19.4. The molecule has 0 aromatic rings. The maximum atomic E-state index is 11.5. The van der Waals surface area contributed by atoms with Gasteiger partial charge in [-0.1, -0.05) is 0 Å². The van der Waals surface area contributed by atoms with Crippen LogP contribution in [0, 0.1) is 0 Å². The molecule has 0 heterocycles. The van der Waals surface area contributed by atoms with Crippen LogP contribution in [-0.2, 0) is 9.59 Å². The third-order valence-electron chi connectivity index (χ3n) is 1.05. The van der Waals surface area contributed by atoms with Gasteiger partial charge in [-0.3, -0.25) is 9.59 Å². The molecule has 1 amide bonds. The average Bonchev–Trinajstić information content (AvgIpc) is 1.95. The third-order valence-corrected chi connectivity index (χ3v) is 1.05.